The van der Waals surface area contributed by atoms with Gasteiger partial charge in [-0.2, -0.15) is 0 Å². The number of imide groups is 1. The van der Waals surface area contributed by atoms with E-state index in [1.54, 1.807) is 30.3 Å². The Bertz CT molecular complexity index is 958. The second kappa shape index (κ2) is 8.82. The van der Waals surface area contributed by atoms with E-state index < -0.39 is 11.9 Å². The van der Waals surface area contributed by atoms with Crippen LogP contribution >= 0.6 is 0 Å². The molecule has 1 aliphatic rings. The van der Waals surface area contributed by atoms with E-state index in [-0.39, 0.29) is 12.3 Å². The number of aromatic nitrogens is 1. The predicted molar refractivity (Wildman–Crippen MR) is 105 cm³/mol. The van der Waals surface area contributed by atoms with Gasteiger partial charge in [0.1, 0.15) is 11.5 Å². The number of unbranched alkanes of at least 4 members (excludes halogenated alkanes) is 1. The first-order valence-corrected chi connectivity index (χ1v) is 8.99. The Balaban J connectivity index is 1.54. The number of aryl methyl sites for hydroxylation is 1. The Labute approximate surface area is 162 Å². The molecule has 2 aromatic rings. The summed E-state index contributed by atoms with van der Waals surface area (Å²) in [6, 6.07) is 12.1. The molecule has 3 rings (SSSR count). The van der Waals surface area contributed by atoms with E-state index in [1.807, 2.05) is 12.1 Å². The molecule has 1 fully saturated rings. The SMILES string of the molecule is NC(=O)c1ccc(CCCC#Cc2cccc(N3CCC(=O)NC3=O)n2)cc1. The van der Waals surface area contributed by atoms with Gasteiger partial charge in [0.2, 0.25) is 11.8 Å². The number of nitrogens with two attached hydrogens (primary N) is 1. The van der Waals surface area contributed by atoms with Crippen LogP contribution in [-0.2, 0) is 11.2 Å². The molecular weight excluding hydrogens is 356 g/mol. The van der Waals surface area contributed by atoms with Crippen molar-refractivity contribution in [1.29, 1.82) is 0 Å². The summed E-state index contributed by atoms with van der Waals surface area (Å²) >= 11 is 0. The number of benzene rings is 1. The number of amides is 4. The highest BCUT2D eigenvalue weighted by Gasteiger charge is 2.24. The maximum absolute atomic E-state index is 11.9. The van der Waals surface area contributed by atoms with Crippen molar-refractivity contribution < 1.29 is 14.4 Å². The topological polar surface area (TPSA) is 105 Å². The Kier molecular flexibility index (Phi) is 6.02. The molecule has 0 bridgehead atoms. The summed E-state index contributed by atoms with van der Waals surface area (Å²) in [6.45, 7) is 0.309. The zero-order valence-corrected chi connectivity index (χ0v) is 15.3. The number of carbonyl (C=O) groups is 3. The summed E-state index contributed by atoms with van der Waals surface area (Å²) in [5.41, 5.74) is 7.43. The Morgan fingerprint density at radius 1 is 1.18 bits per heavy atom. The molecule has 0 unspecified atom stereocenters. The highest BCUT2D eigenvalue weighted by atomic mass is 16.2. The molecule has 0 radical (unpaired) electrons. The number of pyridine rings is 1. The first kappa shape index (κ1) is 19.1. The first-order valence-electron chi connectivity index (χ1n) is 8.99. The summed E-state index contributed by atoms with van der Waals surface area (Å²) in [6.07, 6.45) is 2.67. The monoisotopic (exact) mass is 376 g/mol. The molecule has 1 saturated heterocycles. The third-order valence-corrected chi connectivity index (χ3v) is 4.29. The number of hydrogen-bond acceptors (Lipinski definition) is 4. The number of carbonyl (C=O) groups excluding carboxylic acids is 3. The van der Waals surface area contributed by atoms with Gasteiger partial charge in [0.15, 0.2) is 0 Å². The lowest BCUT2D eigenvalue weighted by Crippen LogP contribution is -2.49. The molecule has 142 valence electrons. The largest absolute Gasteiger partial charge is 0.366 e. The summed E-state index contributed by atoms with van der Waals surface area (Å²) in [4.78, 5) is 40.0. The Morgan fingerprint density at radius 3 is 2.68 bits per heavy atom. The van der Waals surface area contributed by atoms with Gasteiger partial charge in [-0.15, -0.1) is 0 Å². The summed E-state index contributed by atoms with van der Waals surface area (Å²) in [5.74, 6) is 5.87. The average Bonchev–Trinajstić information content (AvgIpc) is 2.68. The smallest absolute Gasteiger partial charge is 0.329 e. The van der Waals surface area contributed by atoms with E-state index in [0.29, 0.717) is 30.0 Å². The zero-order valence-electron chi connectivity index (χ0n) is 15.3. The number of anilines is 1. The maximum Gasteiger partial charge on any atom is 0.329 e. The molecule has 1 aliphatic heterocycles. The number of hydrogen-bond donors (Lipinski definition) is 2. The van der Waals surface area contributed by atoms with E-state index in [1.165, 1.54) is 4.90 Å². The Hall–Kier alpha value is -3.66. The van der Waals surface area contributed by atoms with Gasteiger partial charge < -0.3 is 5.73 Å². The van der Waals surface area contributed by atoms with E-state index in [9.17, 15) is 14.4 Å². The molecule has 0 atom stereocenters. The van der Waals surface area contributed by atoms with Crippen molar-refractivity contribution >= 4 is 23.7 Å². The fraction of sp³-hybridized carbons (Fsp3) is 0.238. The van der Waals surface area contributed by atoms with Crippen LogP contribution in [0.5, 0.6) is 0 Å². The molecule has 0 saturated carbocycles. The van der Waals surface area contributed by atoms with Crippen molar-refractivity contribution in [2.24, 2.45) is 5.73 Å². The lowest BCUT2D eigenvalue weighted by molar-refractivity contribution is -0.120. The summed E-state index contributed by atoms with van der Waals surface area (Å²) in [7, 11) is 0. The quantitative estimate of drug-likeness (QED) is 0.615. The van der Waals surface area contributed by atoms with Gasteiger partial charge in [-0.05, 0) is 48.6 Å². The molecule has 1 aromatic heterocycles. The van der Waals surface area contributed by atoms with Gasteiger partial charge in [0, 0.05) is 24.9 Å². The lowest BCUT2D eigenvalue weighted by Gasteiger charge is -2.25. The molecular formula is C21H20N4O3. The zero-order chi connectivity index (χ0) is 19.9. The average molecular weight is 376 g/mol. The summed E-state index contributed by atoms with van der Waals surface area (Å²) < 4.78 is 0. The number of nitrogens with zero attached hydrogens (tertiary/aromatic N) is 2. The van der Waals surface area contributed by atoms with E-state index in [2.05, 4.69) is 22.1 Å². The van der Waals surface area contributed by atoms with Gasteiger partial charge in [-0.25, -0.2) is 9.78 Å². The van der Waals surface area contributed by atoms with Crippen LogP contribution in [0.15, 0.2) is 42.5 Å². The molecule has 3 N–H and O–H groups in total. The number of urea groups is 1. The van der Waals surface area contributed by atoms with Gasteiger partial charge in [0.05, 0.1) is 0 Å². The van der Waals surface area contributed by atoms with E-state index in [4.69, 9.17) is 5.73 Å². The molecule has 4 amide bonds. The van der Waals surface area contributed by atoms with Crippen LogP contribution in [0.2, 0.25) is 0 Å². The highest BCUT2D eigenvalue weighted by molar-refractivity contribution is 6.05. The molecule has 2 heterocycles. The van der Waals surface area contributed by atoms with Crippen molar-refractivity contribution in [3.8, 4) is 11.8 Å². The predicted octanol–water partition coefficient (Wildman–Crippen LogP) is 2.00. The minimum absolute atomic E-state index is 0.254. The molecule has 0 spiro atoms. The molecule has 7 nitrogen and oxygen atoms in total. The standard InChI is InChI=1S/C21H20N4O3/c22-20(27)16-11-9-15(10-12-16)5-2-1-3-6-17-7-4-8-18(23-17)25-14-13-19(26)24-21(25)28/h4,7-12H,1-2,5,13-14H2,(H2,22,27)(H,24,26,28). The number of rotatable bonds is 5. The van der Waals surface area contributed by atoms with Gasteiger partial charge >= 0.3 is 6.03 Å². The molecule has 28 heavy (non-hydrogen) atoms. The van der Waals surface area contributed by atoms with Crippen molar-refractivity contribution in [1.82, 2.24) is 10.3 Å². The minimum atomic E-state index is -0.462. The number of primary amides is 1. The van der Waals surface area contributed by atoms with Crippen LogP contribution in [0.25, 0.3) is 0 Å². The minimum Gasteiger partial charge on any atom is -0.366 e. The van der Waals surface area contributed by atoms with Gasteiger partial charge in [-0.1, -0.05) is 24.1 Å². The van der Waals surface area contributed by atoms with Gasteiger partial charge in [0.25, 0.3) is 0 Å². The van der Waals surface area contributed by atoms with Crippen LogP contribution in [0.3, 0.4) is 0 Å². The molecule has 1 aromatic carbocycles. The second-order valence-electron chi connectivity index (χ2n) is 6.35. The van der Waals surface area contributed by atoms with Crippen molar-refractivity contribution in [2.45, 2.75) is 25.7 Å². The van der Waals surface area contributed by atoms with Crippen LogP contribution < -0.4 is 16.0 Å². The number of nitrogens with one attached hydrogen (secondary N) is 1. The van der Waals surface area contributed by atoms with Crippen LogP contribution in [0, 0.1) is 11.8 Å². The third-order valence-electron chi connectivity index (χ3n) is 4.29. The summed E-state index contributed by atoms with van der Waals surface area (Å²) in [5, 5.41) is 2.28. The van der Waals surface area contributed by atoms with E-state index in [0.717, 1.165) is 18.4 Å². The fourth-order valence-electron chi connectivity index (χ4n) is 2.80. The Morgan fingerprint density at radius 2 is 1.96 bits per heavy atom. The lowest BCUT2D eigenvalue weighted by atomic mass is 10.1. The first-order chi connectivity index (χ1) is 13.5. The second-order valence-corrected chi connectivity index (χ2v) is 6.35. The van der Waals surface area contributed by atoms with Crippen LogP contribution in [0.4, 0.5) is 10.6 Å². The molecule has 0 aliphatic carbocycles. The fourth-order valence-corrected chi connectivity index (χ4v) is 2.80. The van der Waals surface area contributed by atoms with Crippen molar-refractivity contribution in [3.63, 3.8) is 0 Å². The molecule has 7 heteroatoms. The van der Waals surface area contributed by atoms with Crippen molar-refractivity contribution in [2.75, 3.05) is 11.4 Å². The normalized spacial score (nSPS) is 13.5. The highest BCUT2D eigenvalue weighted by Crippen LogP contribution is 2.14. The van der Waals surface area contributed by atoms with Crippen molar-refractivity contribution in [3.05, 3.63) is 59.3 Å². The third kappa shape index (κ3) is 4.95. The van der Waals surface area contributed by atoms with E-state index >= 15 is 0 Å². The van der Waals surface area contributed by atoms with Gasteiger partial charge in [-0.3, -0.25) is 19.8 Å². The van der Waals surface area contributed by atoms with Crippen LogP contribution in [-0.4, -0.2) is 29.4 Å². The maximum atomic E-state index is 11.9. The van der Waals surface area contributed by atoms with Crippen LogP contribution in [0.1, 0.15) is 40.9 Å².